The van der Waals surface area contributed by atoms with Gasteiger partial charge in [0, 0.05) is 56.4 Å². The summed E-state index contributed by atoms with van der Waals surface area (Å²) in [7, 11) is 0. The SMILES string of the molecule is CCOC(=O)CNCCC(=O)N1CCC(Nc2cc(C)nc(NCc3cn(CCCNCCCNC4CCCCC4)nn3)n2)CC1. The van der Waals surface area contributed by atoms with Gasteiger partial charge in [-0.15, -0.1) is 5.10 Å². The van der Waals surface area contributed by atoms with Gasteiger partial charge in [0.2, 0.25) is 11.9 Å². The molecule has 0 aromatic carbocycles. The molecule has 46 heavy (non-hydrogen) atoms. The molecule has 2 aliphatic rings. The first-order chi connectivity index (χ1) is 22.5. The third-order valence-corrected chi connectivity index (χ3v) is 8.47. The van der Waals surface area contributed by atoms with Crippen molar-refractivity contribution in [3.63, 3.8) is 0 Å². The number of hydrogen-bond acceptors (Lipinski definition) is 12. The number of nitrogens with one attached hydrogen (secondary N) is 5. The van der Waals surface area contributed by atoms with Crippen molar-refractivity contribution in [3.8, 4) is 0 Å². The van der Waals surface area contributed by atoms with Crippen molar-refractivity contribution in [2.75, 3.05) is 63.1 Å². The van der Waals surface area contributed by atoms with Crippen LogP contribution in [0, 0.1) is 6.92 Å². The Kier molecular flexibility index (Phi) is 15.4. The molecule has 1 amide bonds. The van der Waals surface area contributed by atoms with Gasteiger partial charge < -0.3 is 36.2 Å². The number of carbonyl (C=O) groups excluding carboxylic acids is 2. The van der Waals surface area contributed by atoms with Crippen molar-refractivity contribution in [1.82, 2.24) is 45.8 Å². The lowest BCUT2D eigenvalue weighted by Gasteiger charge is -2.32. The standard InChI is InChI=1S/C32H55N11O3/c1-3-46-31(45)23-34-17-11-30(44)42-19-12-27(13-20-42)38-29-21-25(2)37-32(39-29)36-22-28-24-43(41-40-28)18-8-15-33-14-7-16-35-26-9-5-4-6-10-26/h21,24,26-27,33-35H,3-20,22-23H2,1-2H3,(H2,36,37,38,39). The lowest BCUT2D eigenvalue weighted by molar-refractivity contribution is -0.142. The predicted octanol–water partition coefficient (Wildman–Crippen LogP) is 2.23. The topological polar surface area (TPSA) is 163 Å². The van der Waals surface area contributed by atoms with Gasteiger partial charge in [0.15, 0.2) is 0 Å². The number of esters is 1. The summed E-state index contributed by atoms with van der Waals surface area (Å²) in [5.41, 5.74) is 1.71. The number of rotatable bonds is 20. The van der Waals surface area contributed by atoms with Gasteiger partial charge >= 0.3 is 5.97 Å². The molecular weight excluding hydrogens is 586 g/mol. The fourth-order valence-electron chi connectivity index (χ4n) is 5.98. The third-order valence-electron chi connectivity index (χ3n) is 8.47. The Hall–Kier alpha value is -3.36. The molecule has 2 aromatic heterocycles. The fourth-order valence-corrected chi connectivity index (χ4v) is 5.98. The van der Waals surface area contributed by atoms with Crippen molar-refractivity contribution in [2.24, 2.45) is 0 Å². The summed E-state index contributed by atoms with van der Waals surface area (Å²) in [6.07, 6.45) is 13.0. The van der Waals surface area contributed by atoms with Gasteiger partial charge in [-0.3, -0.25) is 14.3 Å². The highest BCUT2D eigenvalue weighted by atomic mass is 16.5. The van der Waals surface area contributed by atoms with E-state index in [9.17, 15) is 9.59 Å². The molecule has 1 aliphatic heterocycles. The molecule has 1 saturated heterocycles. The van der Waals surface area contributed by atoms with Crippen LogP contribution in [-0.2, 0) is 27.4 Å². The molecule has 1 saturated carbocycles. The summed E-state index contributed by atoms with van der Waals surface area (Å²) in [5, 5.41) is 25.6. The Labute approximate surface area is 273 Å². The van der Waals surface area contributed by atoms with E-state index in [1.54, 1.807) is 6.92 Å². The molecule has 2 fully saturated rings. The highest BCUT2D eigenvalue weighted by Gasteiger charge is 2.23. The summed E-state index contributed by atoms with van der Waals surface area (Å²) < 4.78 is 6.78. The first-order valence-electron chi connectivity index (χ1n) is 17.3. The normalized spacial score (nSPS) is 16.0. The lowest BCUT2D eigenvalue weighted by Crippen LogP contribution is -2.43. The first kappa shape index (κ1) is 35.5. The van der Waals surface area contributed by atoms with Gasteiger partial charge in [0.25, 0.3) is 0 Å². The van der Waals surface area contributed by atoms with E-state index in [0.29, 0.717) is 45.2 Å². The fraction of sp³-hybridized carbons (Fsp3) is 0.750. The van der Waals surface area contributed by atoms with Crippen molar-refractivity contribution in [1.29, 1.82) is 0 Å². The van der Waals surface area contributed by atoms with Crippen LogP contribution in [0.15, 0.2) is 12.3 Å². The van der Waals surface area contributed by atoms with Gasteiger partial charge in [0.05, 0.1) is 25.9 Å². The molecular formula is C32H55N11O3. The van der Waals surface area contributed by atoms with Crippen molar-refractivity contribution in [3.05, 3.63) is 23.7 Å². The molecule has 3 heterocycles. The van der Waals surface area contributed by atoms with Crippen LogP contribution in [0.4, 0.5) is 11.8 Å². The van der Waals surface area contributed by atoms with Crippen molar-refractivity contribution < 1.29 is 14.3 Å². The molecule has 0 unspecified atom stereocenters. The van der Waals surface area contributed by atoms with Crippen LogP contribution in [0.2, 0.25) is 0 Å². The van der Waals surface area contributed by atoms with Crippen molar-refractivity contribution in [2.45, 2.75) is 103 Å². The average molecular weight is 642 g/mol. The molecule has 0 radical (unpaired) electrons. The number of nitrogens with zero attached hydrogens (tertiary/aromatic N) is 6. The summed E-state index contributed by atoms with van der Waals surface area (Å²) in [6, 6.07) is 2.90. The predicted molar refractivity (Wildman–Crippen MR) is 178 cm³/mol. The minimum absolute atomic E-state index is 0.0979. The minimum Gasteiger partial charge on any atom is -0.465 e. The van der Waals surface area contributed by atoms with Crippen LogP contribution < -0.4 is 26.6 Å². The molecule has 256 valence electrons. The van der Waals surface area contributed by atoms with Crippen LogP contribution in [0.25, 0.3) is 0 Å². The number of aryl methyl sites for hydroxylation is 2. The molecule has 14 heteroatoms. The quantitative estimate of drug-likeness (QED) is 0.106. The maximum absolute atomic E-state index is 12.6. The van der Waals surface area contributed by atoms with Gasteiger partial charge in [-0.25, -0.2) is 4.98 Å². The molecule has 5 N–H and O–H groups in total. The lowest BCUT2D eigenvalue weighted by atomic mass is 9.95. The Bertz CT molecular complexity index is 1180. The van der Waals surface area contributed by atoms with E-state index < -0.39 is 0 Å². The molecule has 14 nitrogen and oxygen atoms in total. The highest BCUT2D eigenvalue weighted by molar-refractivity contribution is 5.76. The zero-order valence-corrected chi connectivity index (χ0v) is 27.9. The van der Waals surface area contributed by atoms with E-state index in [0.717, 1.165) is 75.1 Å². The Morgan fingerprint density at radius 2 is 1.76 bits per heavy atom. The molecule has 2 aromatic rings. The third kappa shape index (κ3) is 13.2. The van der Waals surface area contributed by atoms with E-state index in [4.69, 9.17) is 4.74 Å². The average Bonchev–Trinajstić information content (AvgIpc) is 3.52. The van der Waals surface area contributed by atoms with E-state index in [1.165, 1.54) is 32.1 Å². The van der Waals surface area contributed by atoms with E-state index >= 15 is 0 Å². The molecule has 1 aliphatic carbocycles. The largest absolute Gasteiger partial charge is 0.465 e. The molecule has 4 rings (SSSR count). The van der Waals surface area contributed by atoms with Gasteiger partial charge in [-0.05, 0) is 72.0 Å². The van der Waals surface area contributed by atoms with Crippen LogP contribution >= 0.6 is 0 Å². The van der Waals surface area contributed by atoms with E-state index in [-0.39, 0.29) is 24.5 Å². The molecule has 0 spiro atoms. The Morgan fingerprint density at radius 3 is 2.57 bits per heavy atom. The van der Waals surface area contributed by atoms with Gasteiger partial charge in [-0.2, -0.15) is 4.98 Å². The zero-order chi connectivity index (χ0) is 32.4. The first-order valence-corrected chi connectivity index (χ1v) is 17.3. The number of piperidine rings is 1. The summed E-state index contributed by atoms with van der Waals surface area (Å²) in [4.78, 5) is 35.1. The summed E-state index contributed by atoms with van der Waals surface area (Å²) in [6.45, 7) is 10.5. The Balaban J connectivity index is 1.08. The number of ether oxygens (including phenoxy) is 1. The molecule has 0 bridgehead atoms. The second-order valence-corrected chi connectivity index (χ2v) is 12.3. The van der Waals surface area contributed by atoms with E-state index in [2.05, 4.69) is 46.9 Å². The second kappa shape index (κ2) is 20.0. The van der Waals surface area contributed by atoms with Gasteiger partial charge in [0.1, 0.15) is 11.5 Å². The Morgan fingerprint density at radius 1 is 0.957 bits per heavy atom. The number of carbonyl (C=O) groups is 2. The second-order valence-electron chi connectivity index (χ2n) is 12.3. The van der Waals surface area contributed by atoms with Crippen molar-refractivity contribution >= 4 is 23.6 Å². The van der Waals surface area contributed by atoms with Crippen LogP contribution in [-0.4, -0.2) is 106 Å². The van der Waals surface area contributed by atoms with Gasteiger partial charge in [-0.1, -0.05) is 24.5 Å². The number of hydrogen-bond donors (Lipinski definition) is 5. The summed E-state index contributed by atoms with van der Waals surface area (Å²) >= 11 is 0. The van der Waals surface area contributed by atoms with E-state index in [1.807, 2.05) is 28.8 Å². The smallest absolute Gasteiger partial charge is 0.319 e. The summed E-state index contributed by atoms with van der Waals surface area (Å²) in [5.74, 6) is 1.11. The maximum Gasteiger partial charge on any atom is 0.319 e. The van der Waals surface area contributed by atoms with Crippen LogP contribution in [0.3, 0.4) is 0 Å². The van der Waals surface area contributed by atoms with Crippen LogP contribution in [0.1, 0.15) is 82.5 Å². The number of anilines is 2. The minimum atomic E-state index is -0.301. The number of aromatic nitrogens is 5. The zero-order valence-electron chi connectivity index (χ0n) is 27.9. The monoisotopic (exact) mass is 641 g/mol. The molecule has 0 atom stereocenters. The number of likely N-dealkylation sites (tertiary alicyclic amines) is 1. The highest BCUT2D eigenvalue weighted by Crippen LogP contribution is 2.19. The maximum atomic E-state index is 12.6. The van der Waals surface area contributed by atoms with Crippen LogP contribution in [0.5, 0.6) is 0 Å². The number of amides is 1.